The van der Waals surface area contributed by atoms with Gasteiger partial charge in [-0.15, -0.1) is 0 Å². The second-order valence-electron chi connectivity index (χ2n) is 7.63. The third-order valence-corrected chi connectivity index (χ3v) is 5.47. The summed E-state index contributed by atoms with van der Waals surface area (Å²) in [6.45, 7) is 2.40. The Hall–Kier alpha value is -3.72. The fraction of sp³-hybridized carbons (Fsp3) is 0.192. The summed E-state index contributed by atoms with van der Waals surface area (Å²) in [6.07, 6.45) is 1.24. The van der Waals surface area contributed by atoms with Crippen LogP contribution in [0.5, 0.6) is 11.5 Å². The molecule has 0 saturated heterocycles. The summed E-state index contributed by atoms with van der Waals surface area (Å²) in [5, 5.41) is 6.36. The molecule has 0 spiro atoms. The fourth-order valence-electron chi connectivity index (χ4n) is 3.03. The predicted octanol–water partition coefficient (Wildman–Crippen LogP) is 5.35. The predicted molar refractivity (Wildman–Crippen MR) is 136 cm³/mol. The van der Waals surface area contributed by atoms with E-state index in [1.807, 2.05) is 31.2 Å². The molecule has 9 heteroatoms. The van der Waals surface area contributed by atoms with Crippen LogP contribution in [0.3, 0.4) is 0 Å². The van der Waals surface area contributed by atoms with Gasteiger partial charge in [0, 0.05) is 12.8 Å². The lowest BCUT2D eigenvalue weighted by molar-refractivity contribution is -0.124. The summed E-state index contributed by atoms with van der Waals surface area (Å²) >= 11 is 3.49. The second kappa shape index (κ2) is 12.7. The van der Waals surface area contributed by atoms with Crippen LogP contribution in [0.1, 0.15) is 29.5 Å². The molecule has 3 aromatic carbocycles. The van der Waals surface area contributed by atoms with Crippen LogP contribution in [0, 0.1) is 12.7 Å². The van der Waals surface area contributed by atoms with Crippen LogP contribution in [0.25, 0.3) is 0 Å². The molecular weight excluding hydrogens is 517 g/mol. The van der Waals surface area contributed by atoms with Crippen LogP contribution in [-0.2, 0) is 16.2 Å². The maximum atomic E-state index is 13.6. The zero-order valence-corrected chi connectivity index (χ0v) is 20.9. The molecule has 0 aromatic heterocycles. The summed E-state index contributed by atoms with van der Waals surface area (Å²) in [7, 11) is 1.54. The normalized spacial score (nSPS) is 10.7. The minimum atomic E-state index is -0.539. The summed E-state index contributed by atoms with van der Waals surface area (Å²) in [4.78, 5) is 23.9. The zero-order valence-electron chi connectivity index (χ0n) is 19.3. The van der Waals surface area contributed by atoms with Crippen LogP contribution < -0.4 is 20.2 Å². The molecule has 2 amide bonds. The minimum Gasteiger partial charge on any atom is -0.493 e. The first-order valence-corrected chi connectivity index (χ1v) is 11.6. The van der Waals surface area contributed by atoms with Gasteiger partial charge < -0.3 is 14.8 Å². The lowest BCUT2D eigenvalue weighted by Gasteiger charge is -2.13. The maximum absolute atomic E-state index is 13.6. The monoisotopic (exact) mass is 541 g/mol. The smallest absolute Gasteiger partial charge is 0.240 e. The number of carbonyl (C=O) groups excluding carboxylic acids is 2. The number of nitrogens with zero attached hydrogens (tertiary/aromatic N) is 1. The second-order valence-corrected chi connectivity index (χ2v) is 8.48. The maximum Gasteiger partial charge on any atom is 0.240 e. The number of hydrazone groups is 1. The quantitative estimate of drug-likeness (QED) is 0.267. The Balaban J connectivity index is 1.52. The number of benzene rings is 3. The van der Waals surface area contributed by atoms with Crippen molar-refractivity contribution in [2.45, 2.75) is 26.4 Å². The first kappa shape index (κ1) is 25.9. The highest BCUT2D eigenvalue weighted by molar-refractivity contribution is 9.10. The van der Waals surface area contributed by atoms with E-state index in [9.17, 15) is 14.0 Å². The Morgan fingerprint density at radius 1 is 1.06 bits per heavy atom. The molecule has 0 aliphatic carbocycles. The SMILES string of the molecule is COc1cc(C=NNC(=O)CCC(=O)Nc2ccccc2F)cc(Br)c1OCc1ccc(C)cc1. The summed E-state index contributed by atoms with van der Waals surface area (Å²) in [5.41, 5.74) is 5.31. The number of hydrogen-bond donors (Lipinski definition) is 2. The molecule has 7 nitrogen and oxygen atoms in total. The van der Waals surface area contributed by atoms with Gasteiger partial charge in [0.15, 0.2) is 11.5 Å². The topological polar surface area (TPSA) is 89.0 Å². The fourth-order valence-corrected chi connectivity index (χ4v) is 3.61. The number of para-hydroxylation sites is 1. The van der Waals surface area contributed by atoms with Crippen molar-refractivity contribution >= 4 is 39.6 Å². The lowest BCUT2D eigenvalue weighted by Crippen LogP contribution is -2.21. The van der Waals surface area contributed by atoms with Gasteiger partial charge in [-0.2, -0.15) is 5.10 Å². The lowest BCUT2D eigenvalue weighted by atomic mass is 10.2. The molecule has 0 aliphatic heterocycles. The molecule has 0 aliphatic rings. The van der Waals surface area contributed by atoms with Crippen molar-refractivity contribution in [2.75, 3.05) is 12.4 Å². The molecule has 0 unspecified atom stereocenters. The molecular formula is C26H25BrFN3O4. The van der Waals surface area contributed by atoms with Gasteiger partial charge in [-0.05, 0) is 58.2 Å². The van der Waals surface area contributed by atoms with Gasteiger partial charge >= 0.3 is 0 Å². The Kier molecular flexibility index (Phi) is 9.37. The third kappa shape index (κ3) is 7.92. The van der Waals surface area contributed by atoms with Crippen molar-refractivity contribution in [1.29, 1.82) is 0 Å². The molecule has 2 N–H and O–H groups in total. The van der Waals surface area contributed by atoms with Crippen LogP contribution in [-0.4, -0.2) is 25.1 Å². The molecule has 0 atom stereocenters. The van der Waals surface area contributed by atoms with Crippen LogP contribution >= 0.6 is 15.9 Å². The highest BCUT2D eigenvalue weighted by Gasteiger charge is 2.12. The van der Waals surface area contributed by atoms with E-state index in [4.69, 9.17) is 9.47 Å². The van der Waals surface area contributed by atoms with Crippen molar-refractivity contribution in [2.24, 2.45) is 5.10 Å². The number of nitrogens with one attached hydrogen (secondary N) is 2. The molecule has 182 valence electrons. The molecule has 35 heavy (non-hydrogen) atoms. The van der Waals surface area contributed by atoms with Gasteiger partial charge in [0.1, 0.15) is 12.4 Å². The van der Waals surface area contributed by atoms with Gasteiger partial charge in [-0.25, -0.2) is 9.82 Å². The van der Waals surface area contributed by atoms with Gasteiger partial charge in [-0.3, -0.25) is 9.59 Å². The number of anilines is 1. The standard InChI is InChI=1S/C26H25BrFN3O4/c1-17-7-9-18(10-8-17)16-35-26-20(27)13-19(14-23(26)34-2)15-29-31-25(33)12-11-24(32)30-22-6-4-3-5-21(22)28/h3-10,13-15H,11-12,16H2,1-2H3,(H,30,32)(H,31,33). The van der Waals surface area contributed by atoms with E-state index in [-0.39, 0.29) is 18.5 Å². The molecule has 0 radical (unpaired) electrons. The van der Waals surface area contributed by atoms with Gasteiger partial charge in [0.25, 0.3) is 0 Å². The molecule has 0 bridgehead atoms. The number of hydrogen-bond acceptors (Lipinski definition) is 5. The number of amides is 2. The first-order valence-electron chi connectivity index (χ1n) is 10.8. The summed E-state index contributed by atoms with van der Waals surface area (Å²) in [5.74, 6) is -0.402. The first-order chi connectivity index (χ1) is 16.9. The van der Waals surface area contributed by atoms with Gasteiger partial charge in [0.05, 0.1) is 23.5 Å². The average Bonchev–Trinajstić information content (AvgIpc) is 2.84. The van der Waals surface area contributed by atoms with E-state index >= 15 is 0 Å². The minimum absolute atomic E-state index is 0.0711. The average molecular weight is 542 g/mol. The molecule has 0 heterocycles. The van der Waals surface area contributed by atoms with Crippen molar-refractivity contribution < 1.29 is 23.5 Å². The van der Waals surface area contributed by atoms with Gasteiger partial charge in [0.2, 0.25) is 11.8 Å². The molecule has 3 aromatic rings. The Labute approximate surface area is 211 Å². The molecule has 0 fully saturated rings. The third-order valence-electron chi connectivity index (χ3n) is 4.89. The number of methoxy groups -OCH3 is 1. The van der Waals surface area contributed by atoms with Crippen molar-refractivity contribution in [1.82, 2.24) is 5.43 Å². The van der Waals surface area contributed by atoms with E-state index in [1.54, 1.807) is 18.2 Å². The summed E-state index contributed by atoms with van der Waals surface area (Å²) in [6, 6.07) is 17.4. The highest BCUT2D eigenvalue weighted by atomic mass is 79.9. The summed E-state index contributed by atoms with van der Waals surface area (Å²) < 4.78 is 25.6. The van der Waals surface area contributed by atoms with E-state index in [0.29, 0.717) is 28.1 Å². The number of halogens is 2. The van der Waals surface area contributed by atoms with Gasteiger partial charge in [-0.1, -0.05) is 42.0 Å². The number of rotatable bonds is 10. The Morgan fingerprint density at radius 3 is 2.49 bits per heavy atom. The van der Waals surface area contributed by atoms with Crippen molar-refractivity contribution in [3.63, 3.8) is 0 Å². The van der Waals surface area contributed by atoms with Crippen molar-refractivity contribution in [3.05, 3.63) is 87.6 Å². The Morgan fingerprint density at radius 2 is 1.77 bits per heavy atom. The van der Waals surface area contributed by atoms with E-state index < -0.39 is 17.6 Å². The van der Waals surface area contributed by atoms with Crippen LogP contribution in [0.2, 0.25) is 0 Å². The van der Waals surface area contributed by atoms with E-state index in [1.165, 1.54) is 37.1 Å². The number of aryl methyl sites for hydroxylation is 1. The molecule has 0 saturated carbocycles. The number of carbonyl (C=O) groups is 2. The largest absolute Gasteiger partial charge is 0.493 e. The Bertz CT molecular complexity index is 1220. The highest BCUT2D eigenvalue weighted by Crippen LogP contribution is 2.36. The van der Waals surface area contributed by atoms with Crippen LogP contribution in [0.15, 0.2) is 70.2 Å². The zero-order chi connectivity index (χ0) is 25.2. The van der Waals surface area contributed by atoms with Crippen LogP contribution in [0.4, 0.5) is 10.1 Å². The van der Waals surface area contributed by atoms with Crippen molar-refractivity contribution in [3.8, 4) is 11.5 Å². The van der Waals surface area contributed by atoms with E-state index in [0.717, 1.165) is 5.56 Å². The van der Waals surface area contributed by atoms with E-state index in [2.05, 4.69) is 31.8 Å². The number of ether oxygens (including phenoxy) is 2. The molecule has 3 rings (SSSR count).